The quantitative estimate of drug-likeness (QED) is 0.851. The maximum atomic E-state index is 9.79. The highest BCUT2D eigenvalue weighted by molar-refractivity contribution is 5.32. The van der Waals surface area contributed by atoms with Gasteiger partial charge in [-0.1, -0.05) is 30.3 Å². The molecule has 1 aromatic carbocycles. The molecule has 1 fully saturated rings. The van der Waals surface area contributed by atoms with Crippen molar-refractivity contribution in [2.45, 2.75) is 44.3 Å². The van der Waals surface area contributed by atoms with Crippen LogP contribution >= 0.6 is 0 Å². The molecule has 1 unspecified atom stereocenters. The molecule has 0 aromatic heterocycles. The van der Waals surface area contributed by atoms with Crippen LogP contribution in [0.3, 0.4) is 0 Å². The van der Waals surface area contributed by atoms with Gasteiger partial charge in [-0.3, -0.25) is 5.32 Å². The molecule has 1 aromatic rings. The van der Waals surface area contributed by atoms with Gasteiger partial charge in [-0.25, -0.2) is 0 Å². The molecule has 2 rings (SSSR count). The summed E-state index contributed by atoms with van der Waals surface area (Å²) in [6.07, 6.45) is 2.52. The van der Waals surface area contributed by atoms with Gasteiger partial charge in [0.15, 0.2) is 0 Å². The highest BCUT2D eigenvalue weighted by Gasteiger charge is 2.37. The van der Waals surface area contributed by atoms with Crippen LogP contribution in [0.5, 0.6) is 0 Å². The number of nitrogens with zero attached hydrogens (tertiary/aromatic N) is 2. The van der Waals surface area contributed by atoms with Gasteiger partial charge in [-0.05, 0) is 39.3 Å². The fourth-order valence-corrected chi connectivity index (χ4v) is 2.59. The van der Waals surface area contributed by atoms with E-state index in [4.69, 9.17) is 0 Å². The highest BCUT2D eigenvalue weighted by Crippen LogP contribution is 2.30. The SMILES string of the molecule is CC(C)NC(C#N)(CN(C)C1CC1)c1ccccc1. The van der Waals surface area contributed by atoms with Crippen LogP contribution in [0.15, 0.2) is 30.3 Å². The minimum atomic E-state index is -0.618. The first-order valence-electron chi connectivity index (χ1n) is 7.02. The van der Waals surface area contributed by atoms with Crippen molar-refractivity contribution in [1.29, 1.82) is 5.26 Å². The molecule has 1 N–H and O–H groups in total. The van der Waals surface area contributed by atoms with Crippen molar-refractivity contribution in [3.8, 4) is 6.07 Å². The topological polar surface area (TPSA) is 39.1 Å². The standard InChI is InChI=1S/C16H23N3/c1-13(2)18-16(11-17,12-19(3)15-9-10-15)14-7-5-4-6-8-14/h4-8,13,15,18H,9-10,12H2,1-3H3. The third kappa shape index (κ3) is 3.34. The maximum Gasteiger partial charge on any atom is 0.145 e. The van der Waals surface area contributed by atoms with E-state index >= 15 is 0 Å². The Kier molecular flexibility index (Phi) is 4.24. The van der Waals surface area contributed by atoms with E-state index in [1.807, 2.05) is 30.3 Å². The van der Waals surface area contributed by atoms with E-state index in [0.717, 1.165) is 12.1 Å². The van der Waals surface area contributed by atoms with Gasteiger partial charge < -0.3 is 4.90 Å². The van der Waals surface area contributed by atoms with Crippen LogP contribution in [0, 0.1) is 11.3 Å². The Morgan fingerprint density at radius 3 is 2.47 bits per heavy atom. The fraction of sp³-hybridized carbons (Fsp3) is 0.562. The molecule has 102 valence electrons. The molecule has 1 aliphatic carbocycles. The molecule has 1 atom stereocenters. The van der Waals surface area contributed by atoms with Gasteiger partial charge in [0, 0.05) is 18.6 Å². The fourth-order valence-electron chi connectivity index (χ4n) is 2.59. The Morgan fingerprint density at radius 1 is 1.37 bits per heavy atom. The average Bonchev–Trinajstić information content (AvgIpc) is 3.22. The van der Waals surface area contributed by atoms with Gasteiger partial charge in [0.1, 0.15) is 5.54 Å². The Labute approximate surface area is 116 Å². The van der Waals surface area contributed by atoms with E-state index in [1.54, 1.807) is 0 Å². The highest BCUT2D eigenvalue weighted by atomic mass is 15.2. The Hall–Kier alpha value is -1.37. The summed E-state index contributed by atoms with van der Waals surface area (Å²) in [7, 11) is 2.12. The smallest absolute Gasteiger partial charge is 0.145 e. The lowest BCUT2D eigenvalue weighted by Gasteiger charge is -2.34. The third-order valence-corrected chi connectivity index (χ3v) is 3.65. The zero-order valence-corrected chi connectivity index (χ0v) is 12.1. The summed E-state index contributed by atoms with van der Waals surface area (Å²) in [5, 5.41) is 13.3. The normalized spacial score (nSPS) is 18.3. The molecule has 3 nitrogen and oxygen atoms in total. The second-order valence-electron chi connectivity index (χ2n) is 5.83. The summed E-state index contributed by atoms with van der Waals surface area (Å²) < 4.78 is 0. The molecule has 1 saturated carbocycles. The zero-order chi connectivity index (χ0) is 13.9. The number of rotatable bonds is 6. The van der Waals surface area contributed by atoms with Crippen molar-refractivity contribution in [3.05, 3.63) is 35.9 Å². The van der Waals surface area contributed by atoms with Crippen LogP contribution in [0.25, 0.3) is 0 Å². The van der Waals surface area contributed by atoms with Gasteiger partial charge in [-0.15, -0.1) is 0 Å². The van der Waals surface area contributed by atoms with Crippen molar-refractivity contribution in [2.24, 2.45) is 0 Å². The summed E-state index contributed by atoms with van der Waals surface area (Å²) in [5.41, 5.74) is 0.436. The lowest BCUT2D eigenvalue weighted by molar-refractivity contribution is 0.232. The van der Waals surface area contributed by atoms with E-state index in [2.05, 4.69) is 37.2 Å². The van der Waals surface area contributed by atoms with E-state index in [-0.39, 0.29) is 6.04 Å². The first-order chi connectivity index (χ1) is 9.07. The lowest BCUT2D eigenvalue weighted by atomic mass is 9.89. The number of nitriles is 1. The zero-order valence-electron chi connectivity index (χ0n) is 12.1. The first-order valence-corrected chi connectivity index (χ1v) is 7.02. The molecular formula is C16H23N3. The van der Waals surface area contributed by atoms with Crippen molar-refractivity contribution in [3.63, 3.8) is 0 Å². The van der Waals surface area contributed by atoms with Crippen molar-refractivity contribution < 1.29 is 0 Å². The van der Waals surface area contributed by atoms with E-state index in [1.165, 1.54) is 12.8 Å². The van der Waals surface area contributed by atoms with Crippen molar-refractivity contribution in [1.82, 2.24) is 10.2 Å². The van der Waals surface area contributed by atoms with E-state index in [9.17, 15) is 5.26 Å². The van der Waals surface area contributed by atoms with E-state index in [0.29, 0.717) is 6.04 Å². The molecule has 0 heterocycles. The molecule has 0 aliphatic heterocycles. The summed E-state index contributed by atoms with van der Waals surface area (Å²) >= 11 is 0. The Morgan fingerprint density at radius 2 is 2.00 bits per heavy atom. The van der Waals surface area contributed by atoms with E-state index < -0.39 is 5.54 Å². The van der Waals surface area contributed by atoms with Gasteiger partial charge in [0.05, 0.1) is 6.07 Å². The van der Waals surface area contributed by atoms with Crippen molar-refractivity contribution >= 4 is 0 Å². The van der Waals surface area contributed by atoms with Crippen LogP contribution in [-0.4, -0.2) is 30.6 Å². The lowest BCUT2D eigenvalue weighted by Crippen LogP contribution is -2.52. The third-order valence-electron chi connectivity index (χ3n) is 3.65. The Balaban J connectivity index is 2.27. The van der Waals surface area contributed by atoms with Crippen LogP contribution in [-0.2, 0) is 5.54 Å². The molecular weight excluding hydrogens is 234 g/mol. The molecule has 1 aliphatic rings. The molecule has 0 spiro atoms. The second-order valence-corrected chi connectivity index (χ2v) is 5.83. The van der Waals surface area contributed by atoms with Gasteiger partial charge in [-0.2, -0.15) is 5.26 Å². The monoisotopic (exact) mass is 257 g/mol. The number of nitrogens with one attached hydrogen (secondary N) is 1. The predicted molar refractivity (Wildman–Crippen MR) is 77.7 cm³/mol. The molecule has 0 bridgehead atoms. The molecule has 3 heteroatoms. The molecule has 0 saturated heterocycles. The summed E-state index contributed by atoms with van der Waals surface area (Å²) in [5.74, 6) is 0. The summed E-state index contributed by atoms with van der Waals surface area (Å²) in [4.78, 5) is 2.31. The van der Waals surface area contributed by atoms with Gasteiger partial charge in [0.2, 0.25) is 0 Å². The Bertz CT molecular complexity index is 445. The molecule has 0 amide bonds. The largest absolute Gasteiger partial charge is 0.300 e. The van der Waals surface area contributed by atoms with Crippen LogP contribution in [0.1, 0.15) is 32.3 Å². The maximum absolute atomic E-state index is 9.79. The number of hydrogen-bond acceptors (Lipinski definition) is 3. The van der Waals surface area contributed by atoms with Crippen LogP contribution in [0.4, 0.5) is 0 Å². The van der Waals surface area contributed by atoms with Crippen molar-refractivity contribution in [2.75, 3.05) is 13.6 Å². The summed E-state index contributed by atoms with van der Waals surface area (Å²) in [6.45, 7) is 4.91. The van der Waals surface area contributed by atoms with Gasteiger partial charge >= 0.3 is 0 Å². The first kappa shape index (κ1) is 14.0. The average molecular weight is 257 g/mol. The molecule has 0 radical (unpaired) electrons. The van der Waals surface area contributed by atoms with Crippen LogP contribution < -0.4 is 5.32 Å². The minimum absolute atomic E-state index is 0.271. The molecule has 19 heavy (non-hydrogen) atoms. The number of benzene rings is 1. The summed E-state index contributed by atoms with van der Waals surface area (Å²) in [6, 6.07) is 13.5. The predicted octanol–water partition coefficient (Wildman–Crippen LogP) is 2.50. The van der Waals surface area contributed by atoms with Gasteiger partial charge in [0.25, 0.3) is 0 Å². The van der Waals surface area contributed by atoms with Crippen LogP contribution in [0.2, 0.25) is 0 Å². The number of likely N-dealkylation sites (N-methyl/N-ethyl adjacent to an activating group) is 1. The minimum Gasteiger partial charge on any atom is -0.300 e. The second kappa shape index (κ2) is 5.73. The number of hydrogen-bond donors (Lipinski definition) is 1.